The second-order valence-electron chi connectivity index (χ2n) is 0.993. The van der Waals surface area contributed by atoms with Crippen LogP contribution in [0.2, 0.25) is 0 Å². The molecule has 0 radical (unpaired) electrons. The van der Waals surface area contributed by atoms with Crippen molar-refractivity contribution in [2.45, 2.75) is 28.2 Å². The summed E-state index contributed by atoms with van der Waals surface area (Å²) < 4.78 is 0. The molecule has 48 valence electrons. The summed E-state index contributed by atoms with van der Waals surface area (Å²) in [5.41, 5.74) is 0. The Morgan fingerprint density at radius 2 is 1.71 bits per heavy atom. The number of hydrogen-bond acceptors (Lipinski definition) is 1. The normalized spacial score (nSPS) is 6.00. The Kier molecular flexibility index (Phi) is 36.2. The Morgan fingerprint density at radius 3 is 1.71 bits per heavy atom. The van der Waals surface area contributed by atoms with Crippen LogP contribution >= 0.6 is 11.8 Å². The SMILES string of the molecule is C.C.CCCSC. The summed E-state index contributed by atoms with van der Waals surface area (Å²) in [6.07, 6.45) is 3.44. The van der Waals surface area contributed by atoms with Crippen LogP contribution in [0.5, 0.6) is 0 Å². The maximum absolute atomic E-state index is 2.19. The minimum Gasteiger partial charge on any atom is -0.165 e. The van der Waals surface area contributed by atoms with Gasteiger partial charge < -0.3 is 0 Å². The van der Waals surface area contributed by atoms with Crippen molar-refractivity contribution in [1.29, 1.82) is 0 Å². The molecule has 0 N–H and O–H groups in total. The molecule has 0 rings (SSSR count). The van der Waals surface area contributed by atoms with Crippen molar-refractivity contribution in [3.63, 3.8) is 0 Å². The first-order chi connectivity index (χ1) is 2.41. The quantitative estimate of drug-likeness (QED) is 0.542. The lowest BCUT2D eigenvalue weighted by Gasteiger charge is -1.80. The summed E-state index contributed by atoms with van der Waals surface area (Å²) in [6, 6.07) is 0. The maximum atomic E-state index is 2.19. The molecular weight excluding hydrogens is 104 g/mol. The molecule has 0 fully saturated rings. The van der Waals surface area contributed by atoms with Gasteiger partial charge in [-0.3, -0.25) is 0 Å². The lowest BCUT2D eigenvalue weighted by atomic mass is 10.6. The second-order valence-corrected chi connectivity index (χ2v) is 1.98. The van der Waals surface area contributed by atoms with Gasteiger partial charge in [-0.15, -0.1) is 0 Å². The van der Waals surface area contributed by atoms with E-state index < -0.39 is 0 Å². The Hall–Kier alpha value is 0.350. The highest BCUT2D eigenvalue weighted by molar-refractivity contribution is 7.98. The molecule has 0 saturated carbocycles. The summed E-state index contributed by atoms with van der Waals surface area (Å²) in [6.45, 7) is 2.19. The molecule has 0 nitrogen and oxygen atoms in total. The molecule has 7 heavy (non-hydrogen) atoms. The van der Waals surface area contributed by atoms with Crippen LogP contribution in [0.4, 0.5) is 0 Å². The van der Waals surface area contributed by atoms with E-state index in [9.17, 15) is 0 Å². The van der Waals surface area contributed by atoms with Gasteiger partial charge in [-0.05, 0) is 18.4 Å². The summed E-state index contributed by atoms with van der Waals surface area (Å²) >= 11 is 1.90. The van der Waals surface area contributed by atoms with Crippen molar-refractivity contribution in [3.05, 3.63) is 0 Å². The van der Waals surface area contributed by atoms with Crippen LogP contribution in [-0.4, -0.2) is 12.0 Å². The van der Waals surface area contributed by atoms with E-state index >= 15 is 0 Å². The van der Waals surface area contributed by atoms with E-state index in [2.05, 4.69) is 13.2 Å². The van der Waals surface area contributed by atoms with E-state index in [0.29, 0.717) is 0 Å². The third-order valence-electron chi connectivity index (χ3n) is 0.408. The smallest absolute Gasteiger partial charge is 0.00729 e. The van der Waals surface area contributed by atoms with Gasteiger partial charge in [0.15, 0.2) is 0 Å². The predicted molar refractivity (Wildman–Crippen MR) is 42.1 cm³/mol. The monoisotopic (exact) mass is 122 g/mol. The van der Waals surface area contributed by atoms with Gasteiger partial charge in [0.25, 0.3) is 0 Å². The molecule has 0 aromatic rings. The fraction of sp³-hybridized carbons (Fsp3) is 1.00. The highest BCUT2D eigenvalue weighted by atomic mass is 32.2. The second kappa shape index (κ2) is 16.2. The van der Waals surface area contributed by atoms with E-state index in [1.807, 2.05) is 11.8 Å². The van der Waals surface area contributed by atoms with Gasteiger partial charge in [-0.2, -0.15) is 11.8 Å². The Balaban J connectivity index is -0.0000000800. The molecular formula is C6H18S. The van der Waals surface area contributed by atoms with E-state index in [4.69, 9.17) is 0 Å². The Bertz CT molecular complexity index is 11.7. The Morgan fingerprint density at radius 1 is 1.29 bits per heavy atom. The third-order valence-corrected chi connectivity index (χ3v) is 1.22. The van der Waals surface area contributed by atoms with Crippen LogP contribution in [0, 0.1) is 0 Å². The highest BCUT2D eigenvalue weighted by Crippen LogP contribution is 1.91. The summed E-state index contributed by atoms with van der Waals surface area (Å²) in [4.78, 5) is 0. The molecule has 0 aliphatic heterocycles. The fourth-order valence-electron chi connectivity index (χ4n) is 0.204. The topological polar surface area (TPSA) is 0 Å². The molecule has 0 unspecified atom stereocenters. The van der Waals surface area contributed by atoms with Crippen LogP contribution in [-0.2, 0) is 0 Å². The van der Waals surface area contributed by atoms with Gasteiger partial charge >= 0.3 is 0 Å². The first-order valence-electron chi connectivity index (χ1n) is 1.90. The fourth-order valence-corrected chi connectivity index (χ4v) is 0.612. The van der Waals surface area contributed by atoms with E-state index in [1.54, 1.807) is 0 Å². The van der Waals surface area contributed by atoms with E-state index in [1.165, 1.54) is 12.2 Å². The molecule has 0 heterocycles. The molecule has 0 atom stereocenters. The van der Waals surface area contributed by atoms with Gasteiger partial charge in [0.05, 0.1) is 0 Å². The first-order valence-corrected chi connectivity index (χ1v) is 3.30. The van der Waals surface area contributed by atoms with Gasteiger partial charge in [0, 0.05) is 0 Å². The van der Waals surface area contributed by atoms with Crippen molar-refractivity contribution in [2.24, 2.45) is 0 Å². The summed E-state index contributed by atoms with van der Waals surface area (Å²) in [5.74, 6) is 1.31. The molecule has 0 bridgehead atoms. The zero-order chi connectivity index (χ0) is 4.12. The minimum atomic E-state index is 0. The molecule has 0 aromatic carbocycles. The van der Waals surface area contributed by atoms with Gasteiger partial charge in [0.1, 0.15) is 0 Å². The zero-order valence-corrected chi connectivity index (χ0v) is 4.64. The highest BCUT2D eigenvalue weighted by Gasteiger charge is 1.67. The van der Waals surface area contributed by atoms with Gasteiger partial charge in [-0.1, -0.05) is 21.8 Å². The molecule has 0 aliphatic rings. The lowest BCUT2D eigenvalue weighted by Crippen LogP contribution is -1.64. The van der Waals surface area contributed by atoms with Crippen LogP contribution in [0.3, 0.4) is 0 Å². The van der Waals surface area contributed by atoms with Crippen molar-refractivity contribution < 1.29 is 0 Å². The van der Waals surface area contributed by atoms with Crippen LogP contribution in [0.1, 0.15) is 28.2 Å². The zero-order valence-electron chi connectivity index (χ0n) is 3.82. The maximum Gasteiger partial charge on any atom is -0.00729 e. The largest absolute Gasteiger partial charge is 0.165 e. The van der Waals surface area contributed by atoms with E-state index in [0.717, 1.165) is 0 Å². The molecule has 0 spiro atoms. The predicted octanol–water partition coefficient (Wildman–Crippen LogP) is 3.03. The molecule has 0 aliphatic carbocycles. The number of hydrogen-bond donors (Lipinski definition) is 0. The van der Waals surface area contributed by atoms with Crippen LogP contribution < -0.4 is 0 Å². The van der Waals surface area contributed by atoms with Gasteiger partial charge in [-0.25, -0.2) is 0 Å². The lowest BCUT2D eigenvalue weighted by molar-refractivity contribution is 1.11. The minimum absolute atomic E-state index is 0. The number of rotatable bonds is 2. The average Bonchev–Trinajstić information content (AvgIpc) is 1.41. The van der Waals surface area contributed by atoms with Gasteiger partial charge in [0.2, 0.25) is 0 Å². The van der Waals surface area contributed by atoms with Crippen molar-refractivity contribution in [3.8, 4) is 0 Å². The standard InChI is InChI=1S/C4H10S.2CH4/c1-3-4-5-2;;/h3-4H2,1-2H3;2*1H4. The van der Waals surface area contributed by atoms with Crippen molar-refractivity contribution >= 4 is 11.8 Å². The summed E-state index contributed by atoms with van der Waals surface area (Å²) in [7, 11) is 0. The first kappa shape index (κ1) is 15.7. The molecule has 0 aromatic heterocycles. The molecule has 1 heteroatoms. The van der Waals surface area contributed by atoms with Crippen LogP contribution in [0.15, 0.2) is 0 Å². The van der Waals surface area contributed by atoms with Crippen molar-refractivity contribution in [1.82, 2.24) is 0 Å². The molecule has 0 saturated heterocycles. The van der Waals surface area contributed by atoms with Crippen molar-refractivity contribution in [2.75, 3.05) is 12.0 Å². The average molecular weight is 122 g/mol. The third kappa shape index (κ3) is 21.8. The Labute approximate surface area is 52.7 Å². The summed E-state index contributed by atoms with van der Waals surface area (Å²) in [5, 5.41) is 0. The number of thioether (sulfide) groups is 1. The van der Waals surface area contributed by atoms with Crippen LogP contribution in [0.25, 0.3) is 0 Å². The van der Waals surface area contributed by atoms with E-state index in [-0.39, 0.29) is 14.9 Å². The molecule has 0 amide bonds.